The molecule has 4 N–H and O–H groups in total. The number of hydrogen-bond acceptors (Lipinski definition) is 7. The van der Waals surface area contributed by atoms with E-state index < -0.39 is 12.2 Å². The summed E-state index contributed by atoms with van der Waals surface area (Å²) >= 11 is 0. The molecule has 232 valence electrons. The Balaban J connectivity index is 0.000000540. The van der Waals surface area contributed by atoms with Crippen LogP contribution >= 0.6 is 17.2 Å². The van der Waals surface area contributed by atoms with Gasteiger partial charge in [-0.2, -0.15) is 8.58 Å². The summed E-state index contributed by atoms with van der Waals surface area (Å²) in [7, 11) is 2.29. The van der Waals surface area contributed by atoms with E-state index in [4.69, 9.17) is 11.5 Å². The van der Waals surface area contributed by atoms with Crippen LogP contribution in [0.5, 0.6) is 0 Å². The minimum absolute atomic E-state index is 0. The van der Waals surface area contributed by atoms with Crippen molar-refractivity contribution in [3.8, 4) is 33.6 Å². The van der Waals surface area contributed by atoms with E-state index in [1.165, 1.54) is 33.2 Å². The number of fused-ring (bicyclic) bond motifs is 4. The zero-order valence-corrected chi connectivity index (χ0v) is 29.3. The van der Waals surface area contributed by atoms with Gasteiger partial charge in [0.05, 0.1) is 31.7 Å². The third-order valence-electron chi connectivity index (χ3n) is 6.72. The third-order valence-corrected chi connectivity index (χ3v) is 7.96. The molecule has 5 aromatic rings. The van der Waals surface area contributed by atoms with Gasteiger partial charge in [0.2, 0.25) is 12.2 Å². The van der Waals surface area contributed by atoms with Gasteiger partial charge in [-0.25, -0.2) is 25.6 Å². The number of nitrogens with zero attached hydrogens (tertiary/aromatic N) is 1. The Morgan fingerprint density at radius 3 is 1.91 bits per heavy atom. The molecule has 0 bridgehead atoms. The normalized spacial score (nSPS) is 11.1. The van der Waals surface area contributed by atoms with E-state index in [-0.39, 0.29) is 54.3 Å². The summed E-state index contributed by atoms with van der Waals surface area (Å²) < 4.78 is 7.56. The van der Waals surface area contributed by atoms with Crippen LogP contribution in [0.4, 0.5) is 9.59 Å². The third kappa shape index (κ3) is 9.91. The molecular weight excluding hydrogens is 702 g/mol. The summed E-state index contributed by atoms with van der Waals surface area (Å²) in [6.07, 6.45) is 1.74. The maximum Gasteiger partial charge on any atom is 2.00 e. The fourth-order valence-corrected chi connectivity index (χ4v) is 5.69. The van der Waals surface area contributed by atoms with Gasteiger partial charge >= 0.3 is 37.1 Å². The monoisotopic (exact) mass is 729 g/mol. The Bertz CT molecular complexity index is 1810. The number of carbonyl (C=O) groups excluding carboxylic acids is 4. The van der Waals surface area contributed by atoms with Crippen molar-refractivity contribution in [2.75, 3.05) is 14.2 Å². The topological polar surface area (TPSA) is 179 Å². The predicted molar refractivity (Wildman–Crippen MR) is 175 cm³/mol. The van der Waals surface area contributed by atoms with Gasteiger partial charge in [-0.15, -0.1) is 0 Å². The molecule has 6 rings (SSSR count). The minimum atomic E-state index is -0.995. The summed E-state index contributed by atoms with van der Waals surface area (Å²) in [5.74, 6) is 0. The molecule has 1 aliphatic carbocycles. The van der Waals surface area contributed by atoms with E-state index in [1.807, 2.05) is 12.1 Å². The van der Waals surface area contributed by atoms with Crippen molar-refractivity contribution in [1.29, 1.82) is 0 Å². The second-order valence-corrected chi connectivity index (χ2v) is 11.2. The Hall–Kier alpha value is -3.68. The number of imidazole rings is 1. The summed E-state index contributed by atoms with van der Waals surface area (Å²) in [5.41, 5.74) is 22.8. The van der Waals surface area contributed by atoms with Crippen molar-refractivity contribution in [2.24, 2.45) is 0 Å². The zero-order valence-electron chi connectivity index (χ0n) is 24.6. The molecule has 1 aliphatic rings. The van der Waals surface area contributed by atoms with Gasteiger partial charge in [-0.3, -0.25) is 9.59 Å². The summed E-state index contributed by atoms with van der Waals surface area (Å²) in [6.45, 7) is 0. The number of amides is 2. The molecule has 2 aromatic heterocycles. The summed E-state index contributed by atoms with van der Waals surface area (Å²) in [4.78, 5) is 50.8. The van der Waals surface area contributed by atoms with Crippen LogP contribution in [0.2, 0.25) is 0 Å². The second-order valence-electron chi connectivity index (χ2n) is 9.31. The number of H-pyrrole nitrogens is 2. The number of rotatable bonds is 6. The number of ether oxygens (including phenoxy) is 2. The molecule has 46 heavy (non-hydrogen) atoms. The molecule has 2 atom stereocenters. The molecule has 0 spiro atoms. The quantitative estimate of drug-likeness (QED) is 0.151. The Kier molecular flexibility index (Phi) is 15.5. The van der Waals surface area contributed by atoms with E-state index >= 15 is 0 Å². The maximum atomic E-state index is 10.8. The van der Waals surface area contributed by atoms with Crippen molar-refractivity contribution in [3.05, 3.63) is 89.5 Å². The van der Waals surface area contributed by atoms with Crippen LogP contribution in [0.1, 0.15) is 11.1 Å². The molecule has 0 aliphatic heterocycles. The fraction of sp³-hybridized carbons (Fsp3) is 0.129. The van der Waals surface area contributed by atoms with Crippen molar-refractivity contribution < 1.29 is 65.8 Å². The van der Waals surface area contributed by atoms with Gasteiger partial charge in [-0.1, -0.05) is 42.5 Å². The van der Waals surface area contributed by atoms with Crippen LogP contribution < -0.4 is 11.0 Å². The van der Waals surface area contributed by atoms with E-state index in [9.17, 15) is 19.2 Å². The average Bonchev–Trinajstić information content (AvgIpc) is 3.68. The first-order chi connectivity index (χ1) is 21.3. The standard InChI is InChI=1S/C27H19N3O2P2.2C2H5NO2.2V/c31-14-33-25-12-22-6-4-20-10-19(7-8-23(20)26(22)30-25)16-1-2-18-11-21(5-3-17(18)9-16)24-13-28-27(29-24)34-15-32;2*1-5-2(3)4;;/h1-3,5,7-13,30,33-34H,4,6H2,(H,28,29);2*1H3,(H2,3,4);;/q-2;;;2*+2/p-2. The van der Waals surface area contributed by atoms with Gasteiger partial charge in [0.15, 0.2) is 0 Å². The first-order valence-corrected chi connectivity index (χ1v) is 15.1. The van der Waals surface area contributed by atoms with Gasteiger partial charge in [0.1, 0.15) is 0 Å². The number of aromatic nitrogens is 3. The first-order valence-electron chi connectivity index (χ1n) is 13.1. The van der Waals surface area contributed by atoms with E-state index in [0.717, 1.165) is 54.8 Å². The second kappa shape index (κ2) is 18.5. The van der Waals surface area contributed by atoms with Crippen LogP contribution in [0, 0.1) is 0 Å². The smallest absolute Gasteiger partial charge is 0.632 e. The number of carbonyl (C=O) groups is 2. The number of nitrogens with one attached hydrogen (secondary N) is 4. The maximum absolute atomic E-state index is 10.8. The SMILES string of the molecule is COC([NH-])=O.COC([NH-])=O.O=[C-]Pc1cc2c([nH]1)-c1ccc(-c3ccc4cc(-c5cnc(P[C-]=O)[nH]5)ccc4c3)cc1CC2.[V+2].[V+2]. The minimum Gasteiger partial charge on any atom is -0.632 e. The van der Waals surface area contributed by atoms with Crippen molar-refractivity contribution >= 4 is 63.2 Å². The predicted octanol–water partition coefficient (Wildman–Crippen LogP) is 6.34. The largest absolute Gasteiger partial charge is 2.00 e. The number of benzene rings is 3. The molecule has 2 heterocycles. The van der Waals surface area contributed by atoms with E-state index in [2.05, 4.69) is 85.1 Å². The van der Waals surface area contributed by atoms with Gasteiger partial charge in [-0.05, 0) is 64.1 Å². The Labute approximate surface area is 292 Å². The molecule has 0 saturated carbocycles. The first kappa shape index (κ1) is 38.5. The van der Waals surface area contributed by atoms with Gasteiger partial charge in [0, 0.05) is 22.3 Å². The van der Waals surface area contributed by atoms with Crippen LogP contribution in [0.25, 0.3) is 55.9 Å². The average molecular weight is 729 g/mol. The van der Waals surface area contributed by atoms with E-state index in [1.54, 1.807) is 6.20 Å². The van der Waals surface area contributed by atoms with Crippen molar-refractivity contribution in [2.45, 2.75) is 12.8 Å². The number of hydrogen-bond donors (Lipinski definition) is 2. The number of aromatic amines is 2. The number of aryl methyl sites for hydroxylation is 2. The van der Waals surface area contributed by atoms with Gasteiger partial charge < -0.3 is 40.5 Å². The molecule has 3 aromatic carbocycles. The molecule has 0 saturated heterocycles. The molecule has 15 heteroatoms. The van der Waals surface area contributed by atoms with Crippen LogP contribution in [-0.4, -0.2) is 53.4 Å². The zero-order chi connectivity index (χ0) is 31.6. The van der Waals surface area contributed by atoms with Crippen LogP contribution in [0.3, 0.4) is 0 Å². The summed E-state index contributed by atoms with van der Waals surface area (Å²) in [5, 5.41) is 2.32. The fourth-order valence-electron chi connectivity index (χ4n) is 4.72. The van der Waals surface area contributed by atoms with Crippen molar-refractivity contribution in [1.82, 2.24) is 15.0 Å². The summed E-state index contributed by atoms with van der Waals surface area (Å²) in [6, 6.07) is 25.6. The Morgan fingerprint density at radius 2 is 1.30 bits per heavy atom. The number of methoxy groups -OCH3 is 2. The molecule has 2 radical (unpaired) electrons. The van der Waals surface area contributed by atoms with Crippen molar-refractivity contribution in [3.63, 3.8) is 0 Å². The van der Waals surface area contributed by atoms with Crippen LogP contribution in [0.15, 0.2) is 66.9 Å². The van der Waals surface area contributed by atoms with E-state index in [0.29, 0.717) is 5.57 Å². The molecule has 2 amide bonds. The molecule has 2 unspecified atom stereocenters. The molecular formula is C31H27N5O6P2V2. The molecule has 11 nitrogen and oxygen atoms in total. The van der Waals surface area contributed by atoms with Crippen LogP contribution in [-0.2, 0) is 69.0 Å². The Morgan fingerprint density at radius 1 is 0.761 bits per heavy atom. The molecule has 0 fully saturated rings. The van der Waals surface area contributed by atoms with Gasteiger partial charge in [0.25, 0.3) is 0 Å².